The van der Waals surface area contributed by atoms with Crippen LogP contribution < -0.4 is 0 Å². The van der Waals surface area contributed by atoms with Gasteiger partial charge in [0.15, 0.2) is 0 Å². The largest absolute Gasteiger partial charge is 0.512 e. The first-order valence-electron chi connectivity index (χ1n) is 7.94. The third-order valence-corrected chi connectivity index (χ3v) is 6.17. The second-order valence-electron chi connectivity index (χ2n) is 5.94. The molecule has 0 heterocycles. The van der Waals surface area contributed by atoms with Crippen molar-refractivity contribution in [2.45, 2.75) is 51.5 Å². The van der Waals surface area contributed by atoms with Crippen molar-refractivity contribution in [3.05, 3.63) is 0 Å². The van der Waals surface area contributed by atoms with Gasteiger partial charge in [0.25, 0.3) is 0 Å². The van der Waals surface area contributed by atoms with Crippen LogP contribution >= 0.6 is 0 Å². The lowest BCUT2D eigenvalue weighted by molar-refractivity contribution is -0.822. The van der Waals surface area contributed by atoms with Crippen molar-refractivity contribution in [1.29, 1.82) is 0 Å². The Morgan fingerprint density at radius 3 is 1.90 bits per heavy atom. The number of unbranched alkanes of at least 4 members (excludes halogenated alkanes) is 5. The van der Waals surface area contributed by atoms with Gasteiger partial charge in [-0.2, -0.15) is 0 Å². The van der Waals surface area contributed by atoms with Crippen molar-refractivity contribution in [3.8, 4) is 12.0 Å². The molecule has 0 aromatic rings. The maximum atomic E-state index is 5.37. The van der Waals surface area contributed by atoms with Gasteiger partial charge in [-0.3, -0.25) is 4.48 Å². The number of quaternary nitrogens is 1. The van der Waals surface area contributed by atoms with Crippen LogP contribution in [-0.4, -0.2) is 55.3 Å². The molecule has 0 aliphatic rings. The van der Waals surface area contributed by atoms with E-state index in [9.17, 15) is 0 Å². The van der Waals surface area contributed by atoms with Crippen molar-refractivity contribution in [2.24, 2.45) is 0 Å². The summed E-state index contributed by atoms with van der Waals surface area (Å²) >= 11 is 0. The van der Waals surface area contributed by atoms with E-state index in [-0.39, 0.29) is 0 Å². The second kappa shape index (κ2) is 11.2. The zero-order valence-electron chi connectivity index (χ0n) is 14.8. The number of rotatable bonds is 11. The summed E-state index contributed by atoms with van der Waals surface area (Å²) < 4.78 is 16.8. The highest BCUT2D eigenvalue weighted by atomic mass is 28.4. The number of hydrogen-bond acceptors (Lipinski definition) is 3. The maximum absolute atomic E-state index is 5.37. The van der Waals surface area contributed by atoms with E-state index in [1.54, 1.807) is 21.3 Å². The molecule has 0 bridgehead atoms. The van der Waals surface area contributed by atoms with E-state index in [1.165, 1.54) is 38.5 Å². The zero-order chi connectivity index (χ0) is 16.2. The van der Waals surface area contributed by atoms with Crippen molar-refractivity contribution < 1.29 is 17.8 Å². The minimum Gasteiger partial charge on any atom is -0.376 e. The van der Waals surface area contributed by atoms with Crippen LogP contribution in [0.25, 0.3) is 0 Å². The van der Waals surface area contributed by atoms with Gasteiger partial charge < -0.3 is 13.3 Å². The quantitative estimate of drug-likeness (QED) is 0.253. The summed E-state index contributed by atoms with van der Waals surface area (Å²) in [5.74, 6) is 3.19. The predicted molar refractivity (Wildman–Crippen MR) is 89.7 cm³/mol. The lowest BCUT2D eigenvalue weighted by atomic mass is 10.1. The maximum Gasteiger partial charge on any atom is 0.512 e. The molecule has 4 nitrogen and oxygen atoms in total. The standard InChI is InChI=1S/C16H34NO3Si/c1-7-8-9-10-11-12-14-17(2,3)15-13-16-21(18-4,19-5)20-6/h7-12,14,16H2,1-6H3/q+1. The summed E-state index contributed by atoms with van der Waals surface area (Å²) in [7, 11) is 6.61. The molecule has 0 radical (unpaired) electrons. The van der Waals surface area contributed by atoms with Gasteiger partial charge in [-0.15, -0.1) is 0 Å². The molecule has 0 aliphatic carbocycles. The Balaban J connectivity index is 4.14. The molecule has 5 heteroatoms. The van der Waals surface area contributed by atoms with Crippen molar-refractivity contribution >= 4 is 8.80 Å². The van der Waals surface area contributed by atoms with Crippen LogP contribution in [0.2, 0.25) is 6.04 Å². The second-order valence-corrected chi connectivity index (χ2v) is 8.88. The number of nitrogens with zero attached hydrogens (tertiary/aromatic N) is 1. The van der Waals surface area contributed by atoms with Gasteiger partial charge in [0.05, 0.1) is 26.7 Å². The molecule has 0 atom stereocenters. The minimum absolute atomic E-state index is 0.536. The summed E-state index contributed by atoms with van der Waals surface area (Å²) in [5, 5.41) is 0. The normalized spacial score (nSPS) is 12.1. The molecule has 124 valence electrons. The topological polar surface area (TPSA) is 27.7 Å². The fourth-order valence-corrected chi connectivity index (χ4v) is 3.40. The van der Waals surface area contributed by atoms with Crippen molar-refractivity contribution in [2.75, 3.05) is 42.0 Å². The first kappa shape index (κ1) is 20.6. The van der Waals surface area contributed by atoms with E-state index < -0.39 is 8.80 Å². The summed E-state index contributed by atoms with van der Waals surface area (Å²) in [6.45, 7) is 3.33. The molecule has 0 aliphatic heterocycles. The van der Waals surface area contributed by atoms with Gasteiger partial charge >= 0.3 is 8.80 Å². The Morgan fingerprint density at radius 2 is 1.38 bits per heavy atom. The molecule has 0 saturated heterocycles. The average molecular weight is 317 g/mol. The van der Waals surface area contributed by atoms with Crippen LogP contribution in [0.3, 0.4) is 0 Å². The minimum atomic E-state index is -2.55. The molecule has 0 N–H and O–H groups in total. The van der Waals surface area contributed by atoms with Gasteiger partial charge in [-0.05, 0) is 18.8 Å². The van der Waals surface area contributed by atoms with Crippen LogP contribution in [0.4, 0.5) is 0 Å². The Labute approximate surface area is 132 Å². The van der Waals surface area contributed by atoms with Gasteiger partial charge in [0, 0.05) is 21.3 Å². The molecular formula is C16H34NO3Si+. The van der Waals surface area contributed by atoms with E-state index in [4.69, 9.17) is 13.3 Å². The molecule has 0 saturated carbocycles. The Hall–Kier alpha value is -0.383. The first-order valence-corrected chi connectivity index (χ1v) is 9.87. The van der Waals surface area contributed by atoms with Gasteiger partial charge in [-0.1, -0.05) is 32.6 Å². The Morgan fingerprint density at radius 1 is 0.857 bits per heavy atom. The van der Waals surface area contributed by atoms with E-state index in [1.807, 2.05) is 0 Å². The summed E-state index contributed by atoms with van der Waals surface area (Å²) in [5.41, 5.74) is 0. The lowest BCUT2D eigenvalue weighted by Gasteiger charge is -2.23. The summed E-state index contributed by atoms with van der Waals surface area (Å²) in [6, 6.07) is 3.84. The van der Waals surface area contributed by atoms with Crippen LogP contribution in [0.1, 0.15) is 45.4 Å². The third-order valence-electron chi connectivity index (χ3n) is 3.69. The van der Waals surface area contributed by atoms with Crippen LogP contribution in [0.5, 0.6) is 0 Å². The fraction of sp³-hybridized carbons (Fsp3) is 0.875. The van der Waals surface area contributed by atoms with E-state index in [0.717, 1.165) is 11.0 Å². The fourth-order valence-electron chi connectivity index (χ4n) is 2.17. The van der Waals surface area contributed by atoms with E-state index >= 15 is 0 Å². The highest BCUT2D eigenvalue weighted by molar-refractivity contribution is 6.61. The molecule has 0 unspecified atom stereocenters. The molecular weight excluding hydrogens is 282 g/mol. The highest BCUT2D eigenvalue weighted by Gasteiger charge is 2.37. The van der Waals surface area contributed by atoms with Crippen LogP contribution in [0.15, 0.2) is 0 Å². The smallest absolute Gasteiger partial charge is 0.376 e. The summed E-state index contributed by atoms with van der Waals surface area (Å²) in [6.07, 6.45) is 7.89. The summed E-state index contributed by atoms with van der Waals surface area (Å²) in [4.78, 5) is 0. The molecule has 0 fully saturated rings. The predicted octanol–water partition coefficient (Wildman–Crippen LogP) is 3.26. The van der Waals surface area contributed by atoms with Crippen LogP contribution in [0, 0.1) is 12.0 Å². The van der Waals surface area contributed by atoms with Crippen molar-refractivity contribution in [1.82, 2.24) is 0 Å². The Kier molecular flexibility index (Phi) is 11.0. The van der Waals surface area contributed by atoms with Crippen LogP contribution in [-0.2, 0) is 13.3 Å². The number of hydrogen-bond donors (Lipinski definition) is 0. The lowest BCUT2D eigenvalue weighted by Crippen LogP contribution is -2.42. The van der Waals surface area contributed by atoms with E-state index in [2.05, 4.69) is 33.0 Å². The van der Waals surface area contributed by atoms with E-state index in [0.29, 0.717) is 6.04 Å². The monoisotopic (exact) mass is 316 g/mol. The van der Waals surface area contributed by atoms with Gasteiger partial charge in [0.1, 0.15) is 6.04 Å². The third kappa shape index (κ3) is 9.28. The molecule has 0 aromatic carbocycles. The Bertz CT molecular complexity index is 311. The molecule has 0 rings (SSSR count). The molecule has 0 amide bonds. The average Bonchev–Trinajstić information content (AvgIpc) is 2.48. The van der Waals surface area contributed by atoms with Gasteiger partial charge in [0.2, 0.25) is 0 Å². The SMILES string of the molecule is CCCCCCCC[N+](C)(C)C#CC[Si](OC)(OC)OC. The first-order chi connectivity index (χ1) is 9.95. The van der Waals surface area contributed by atoms with Crippen molar-refractivity contribution in [3.63, 3.8) is 0 Å². The highest BCUT2D eigenvalue weighted by Crippen LogP contribution is 2.12. The van der Waals surface area contributed by atoms with Gasteiger partial charge in [-0.25, -0.2) is 0 Å². The molecule has 21 heavy (non-hydrogen) atoms. The zero-order valence-corrected chi connectivity index (χ0v) is 15.8. The molecule has 0 aromatic heterocycles. The molecule has 0 spiro atoms.